The van der Waals surface area contributed by atoms with E-state index < -0.39 is 6.16 Å². The Labute approximate surface area is 109 Å². The van der Waals surface area contributed by atoms with Crippen molar-refractivity contribution in [3.63, 3.8) is 0 Å². The van der Waals surface area contributed by atoms with E-state index in [1.807, 2.05) is 6.92 Å². The molecule has 0 aliphatic heterocycles. The fourth-order valence-electron chi connectivity index (χ4n) is 1.22. The maximum absolute atomic E-state index is 10.7. The zero-order valence-electron chi connectivity index (χ0n) is 10.8. The lowest BCUT2D eigenvalue weighted by Gasteiger charge is -2.08. The van der Waals surface area contributed by atoms with Crippen molar-refractivity contribution in [2.45, 2.75) is 32.9 Å². The van der Waals surface area contributed by atoms with Gasteiger partial charge in [0.1, 0.15) is 13.2 Å². The average Bonchev–Trinajstić information content (AvgIpc) is 2.76. The molecule has 0 aliphatic carbocycles. The first-order chi connectivity index (χ1) is 8.99. The topological polar surface area (TPSA) is 116 Å². The fraction of sp³-hybridized carbons (Fsp3) is 0.700. The number of aromatic nitrogens is 4. The van der Waals surface area contributed by atoms with Crippen LogP contribution < -0.4 is 0 Å². The van der Waals surface area contributed by atoms with Crippen LogP contribution in [0.4, 0.5) is 4.79 Å². The molecular formula is C10H16N4O5. The second-order valence-electron chi connectivity index (χ2n) is 3.97. The molecule has 9 nitrogen and oxygen atoms in total. The van der Waals surface area contributed by atoms with Gasteiger partial charge in [-0.2, -0.15) is 4.80 Å². The molecule has 1 heterocycles. The second-order valence-corrected chi connectivity index (χ2v) is 3.97. The Balaban J connectivity index is 2.36. The fourth-order valence-corrected chi connectivity index (χ4v) is 1.22. The summed E-state index contributed by atoms with van der Waals surface area (Å²) in [6.07, 6.45) is -0.867. The highest BCUT2D eigenvalue weighted by molar-refractivity contribution is 5.76. The van der Waals surface area contributed by atoms with E-state index in [9.17, 15) is 9.59 Å². The summed E-state index contributed by atoms with van der Waals surface area (Å²) < 4.78 is 9.45. The van der Waals surface area contributed by atoms with Gasteiger partial charge >= 0.3 is 6.16 Å². The summed E-state index contributed by atoms with van der Waals surface area (Å²) in [4.78, 5) is 22.2. The first-order valence-corrected chi connectivity index (χ1v) is 5.70. The lowest BCUT2D eigenvalue weighted by Crippen LogP contribution is -2.13. The summed E-state index contributed by atoms with van der Waals surface area (Å²) in [5.41, 5.74) is 0. The minimum Gasteiger partial charge on any atom is -0.450 e. The molecule has 0 unspecified atom stereocenters. The van der Waals surface area contributed by atoms with Crippen LogP contribution in [-0.2, 0) is 20.9 Å². The van der Waals surface area contributed by atoms with E-state index in [1.165, 1.54) is 11.7 Å². The van der Waals surface area contributed by atoms with Gasteiger partial charge in [-0.15, -0.1) is 10.2 Å². The van der Waals surface area contributed by atoms with Crippen LogP contribution in [0.2, 0.25) is 0 Å². The molecule has 0 saturated heterocycles. The monoisotopic (exact) mass is 272 g/mol. The molecule has 1 aromatic rings. The Morgan fingerprint density at radius 2 is 2.21 bits per heavy atom. The number of nitrogens with zero attached hydrogens (tertiary/aromatic N) is 4. The van der Waals surface area contributed by atoms with Gasteiger partial charge in [-0.1, -0.05) is 0 Å². The molecule has 0 saturated carbocycles. The molecule has 0 fully saturated rings. The van der Waals surface area contributed by atoms with Gasteiger partial charge in [-0.05, 0) is 19.1 Å². The number of hydrogen-bond donors (Lipinski definition) is 1. The van der Waals surface area contributed by atoms with E-state index >= 15 is 0 Å². The zero-order valence-corrected chi connectivity index (χ0v) is 10.8. The quantitative estimate of drug-likeness (QED) is 0.677. The largest absolute Gasteiger partial charge is 0.505 e. The molecule has 19 heavy (non-hydrogen) atoms. The average molecular weight is 272 g/mol. The first kappa shape index (κ1) is 15.0. The Bertz CT molecular complexity index is 433. The maximum Gasteiger partial charge on any atom is 0.505 e. The SMILES string of the molecule is CC(=O)COCc1nnn([C@H](C)CCOC(=O)O)n1. The Morgan fingerprint density at radius 1 is 1.47 bits per heavy atom. The zero-order chi connectivity index (χ0) is 14.3. The van der Waals surface area contributed by atoms with Crippen molar-refractivity contribution < 1.29 is 24.2 Å². The molecule has 1 atom stereocenters. The van der Waals surface area contributed by atoms with Crippen LogP contribution in [0.15, 0.2) is 0 Å². The number of ketones is 1. The minimum absolute atomic E-state index is 0.0105. The summed E-state index contributed by atoms with van der Waals surface area (Å²) in [6.45, 7) is 3.42. The number of rotatable bonds is 8. The standard InChI is InChI=1S/C10H16N4O5/c1-7(3-4-19-10(16)17)14-12-9(11-13-14)6-18-5-8(2)15/h7H,3-6H2,1-2H3,(H,16,17)/t7-/m1/s1. The van der Waals surface area contributed by atoms with Crippen molar-refractivity contribution in [2.24, 2.45) is 0 Å². The van der Waals surface area contributed by atoms with Crippen molar-refractivity contribution in [3.8, 4) is 0 Å². The Hall–Kier alpha value is -2.03. The second kappa shape index (κ2) is 7.41. The third-order valence-electron chi connectivity index (χ3n) is 2.16. The molecule has 0 radical (unpaired) electrons. The number of Topliss-reactive ketones (excluding diaryl/α,β-unsaturated/α-hetero) is 1. The van der Waals surface area contributed by atoms with Gasteiger partial charge in [0.25, 0.3) is 0 Å². The molecule has 1 aromatic heterocycles. The summed E-state index contributed by atoms with van der Waals surface area (Å²) in [6, 6.07) is -0.145. The third-order valence-corrected chi connectivity index (χ3v) is 2.16. The van der Waals surface area contributed by atoms with Gasteiger partial charge in [-0.25, -0.2) is 4.79 Å². The lowest BCUT2D eigenvalue weighted by atomic mass is 10.3. The smallest absolute Gasteiger partial charge is 0.450 e. The molecule has 106 valence electrons. The highest BCUT2D eigenvalue weighted by atomic mass is 16.7. The predicted octanol–water partition coefficient (Wildman–Crippen LogP) is 0.424. The minimum atomic E-state index is -1.31. The van der Waals surface area contributed by atoms with E-state index in [1.54, 1.807) is 0 Å². The van der Waals surface area contributed by atoms with Crippen molar-refractivity contribution in [1.82, 2.24) is 20.2 Å². The molecule has 0 amide bonds. The van der Waals surface area contributed by atoms with Crippen LogP contribution >= 0.6 is 0 Å². The van der Waals surface area contributed by atoms with Crippen molar-refractivity contribution in [1.29, 1.82) is 0 Å². The van der Waals surface area contributed by atoms with Gasteiger partial charge in [0.05, 0.1) is 12.6 Å². The predicted molar refractivity (Wildman–Crippen MR) is 61.5 cm³/mol. The lowest BCUT2D eigenvalue weighted by molar-refractivity contribution is -0.121. The third kappa shape index (κ3) is 5.91. The molecule has 0 spiro atoms. The van der Waals surface area contributed by atoms with E-state index in [0.717, 1.165) is 0 Å². The van der Waals surface area contributed by atoms with E-state index in [-0.39, 0.29) is 31.6 Å². The molecular weight excluding hydrogens is 256 g/mol. The van der Waals surface area contributed by atoms with Crippen LogP contribution in [0.5, 0.6) is 0 Å². The summed E-state index contributed by atoms with van der Waals surface area (Å²) in [5.74, 6) is 0.291. The van der Waals surface area contributed by atoms with Crippen molar-refractivity contribution in [3.05, 3.63) is 5.82 Å². The molecule has 9 heteroatoms. The van der Waals surface area contributed by atoms with Crippen LogP contribution in [0.25, 0.3) is 0 Å². The first-order valence-electron chi connectivity index (χ1n) is 5.70. The van der Waals surface area contributed by atoms with Crippen molar-refractivity contribution in [2.75, 3.05) is 13.2 Å². The number of ether oxygens (including phenoxy) is 2. The molecule has 0 aromatic carbocycles. The normalized spacial score (nSPS) is 12.1. The number of tetrazole rings is 1. The van der Waals surface area contributed by atoms with Gasteiger partial charge in [0, 0.05) is 6.42 Å². The van der Waals surface area contributed by atoms with E-state index in [0.29, 0.717) is 12.2 Å². The number of carboxylic acid groups (broad SMARTS) is 1. The van der Waals surface area contributed by atoms with Gasteiger partial charge < -0.3 is 14.6 Å². The summed E-state index contributed by atoms with van der Waals surface area (Å²) in [7, 11) is 0. The number of hydrogen-bond acceptors (Lipinski definition) is 7. The van der Waals surface area contributed by atoms with Crippen LogP contribution in [0.3, 0.4) is 0 Å². The maximum atomic E-state index is 10.7. The molecule has 1 N–H and O–H groups in total. The van der Waals surface area contributed by atoms with Gasteiger partial charge in [0.2, 0.25) is 0 Å². The Morgan fingerprint density at radius 3 is 2.84 bits per heavy atom. The molecule has 0 aliphatic rings. The van der Waals surface area contributed by atoms with Gasteiger partial charge in [0.15, 0.2) is 11.6 Å². The Kier molecular flexibility index (Phi) is 5.86. The number of carbonyl (C=O) groups is 2. The van der Waals surface area contributed by atoms with Crippen LogP contribution in [-0.4, -0.2) is 50.5 Å². The van der Waals surface area contributed by atoms with E-state index in [2.05, 4.69) is 20.1 Å². The van der Waals surface area contributed by atoms with Crippen molar-refractivity contribution >= 4 is 11.9 Å². The van der Waals surface area contributed by atoms with Crippen LogP contribution in [0, 0.1) is 0 Å². The van der Waals surface area contributed by atoms with Crippen LogP contribution in [0.1, 0.15) is 32.1 Å². The highest BCUT2D eigenvalue weighted by Gasteiger charge is 2.11. The highest BCUT2D eigenvalue weighted by Crippen LogP contribution is 2.07. The van der Waals surface area contributed by atoms with Gasteiger partial charge in [-0.3, -0.25) is 4.79 Å². The summed E-state index contributed by atoms with van der Waals surface area (Å²) in [5, 5.41) is 20.0. The molecule has 1 rings (SSSR count). The number of carbonyl (C=O) groups excluding carboxylic acids is 1. The van der Waals surface area contributed by atoms with E-state index in [4.69, 9.17) is 9.84 Å². The summed E-state index contributed by atoms with van der Waals surface area (Å²) >= 11 is 0. The molecule has 0 bridgehead atoms.